The van der Waals surface area contributed by atoms with E-state index in [1.54, 1.807) is 7.11 Å². The molecule has 0 aromatic heterocycles. The van der Waals surface area contributed by atoms with Gasteiger partial charge in [0.1, 0.15) is 0 Å². The van der Waals surface area contributed by atoms with E-state index >= 15 is 0 Å². The predicted octanol–water partition coefficient (Wildman–Crippen LogP) is 0.368. The monoisotopic (exact) mass is 229 g/mol. The van der Waals surface area contributed by atoms with E-state index in [1.807, 2.05) is 18.7 Å². The average molecular weight is 229 g/mol. The number of urea groups is 1. The van der Waals surface area contributed by atoms with Gasteiger partial charge < -0.3 is 15.0 Å². The van der Waals surface area contributed by atoms with Crippen LogP contribution in [-0.4, -0.2) is 68.3 Å². The third-order valence-electron chi connectivity index (χ3n) is 2.68. The van der Waals surface area contributed by atoms with Crippen molar-refractivity contribution in [3.8, 4) is 0 Å². The van der Waals surface area contributed by atoms with Gasteiger partial charge in [0.05, 0.1) is 6.61 Å². The second-order valence-corrected chi connectivity index (χ2v) is 4.43. The largest absolute Gasteiger partial charge is 0.383 e. The Bertz CT molecular complexity index is 213. The molecule has 1 aliphatic heterocycles. The zero-order chi connectivity index (χ0) is 12.0. The molecular weight excluding hydrogens is 206 g/mol. The number of carbonyl (C=O) groups excluding carboxylic acids is 1. The molecule has 0 aromatic carbocycles. The number of methoxy groups -OCH3 is 1. The molecule has 94 valence electrons. The highest BCUT2D eigenvalue weighted by Gasteiger charge is 2.20. The fourth-order valence-corrected chi connectivity index (χ4v) is 1.73. The highest BCUT2D eigenvalue weighted by Crippen LogP contribution is 2.02. The van der Waals surface area contributed by atoms with E-state index in [9.17, 15) is 4.79 Å². The molecule has 2 amide bonds. The van der Waals surface area contributed by atoms with Crippen LogP contribution in [0.2, 0.25) is 0 Å². The second kappa shape index (κ2) is 6.70. The lowest BCUT2D eigenvalue weighted by Gasteiger charge is -2.34. The van der Waals surface area contributed by atoms with Gasteiger partial charge in [-0.3, -0.25) is 4.90 Å². The number of hydrogen-bond donors (Lipinski definition) is 1. The number of hydrogen-bond acceptors (Lipinski definition) is 3. The van der Waals surface area contributed by atoms with Crippen LogP contribution in [0.4, 0.5) is 4.79 Å². The Morgan fingerprint density at radius 3 is 2.44 bits per heavy atom. The van der Waals surface area contributed by atoms with Gasteiger partial charge in [-0.15, -0.1) is 0 Å². The molecule has 1 aliphatic rings. The molecule has 0 spiro atoms. The standard InChI is InChI=1S/C11H23N3O2/c1-10(2)12-11(15)14-6-4-13(5-7-14)8-9-16-3/h10H,4-9H2,1-3H3,(H,12,15). The maximum atomic E-state index is 11.7. The molecule has 1 fully saturated rings. The van der Waals surface area contributed by atoms with Crippen molar-refractivity contribution >= 4 is 6.03 Å². The van der Waals surface area contributed by atoms with Gasteiger partial charge in [0, 0.05) is 45.9 Å². The first-order valence-electron chi connectivity index (χ1n) is 5.90. The third kappa shape index (κ3) is 4.37. The molecule has 0 unspecified atom stereocenters. The summed E-state index contributed by atoms with van der Waals surface area (Å²) in [5.74, 6) is 0. The topological polar surface area (TPSA) is 44.8 Å². The lowest BCUT2D eigenvalue weighted by molar-refractivity contribution is 0.105. The molecule has 5 nitrogen and oxygen atoms in total. The number of carbonyl (C=O) groups is 1. The summed E-state index contributed by atoms with van der Waals surface area (Å²) in [6.07, 6.45) is 0. The van der Waals surface area contributed by atoms with Gasteiger partial charge in [-0.1, -0.05) is 0 Å². The van der Waals surface area contributed by atoms with E-state index in [-0.39, 0.29) is 12.1 Å². The Balaban J connectivity index is 2.23. The van der Waals surface area contributed by atoms with Gasteiger partial charge in [0.15, 0.2) is 0 Å². The fraction of sp³-hybridized carbons (Fsp3) is 0.909. The van der Waals surface area contributed by atoms with Gasteiger partial charge in [0.2, 0.25) is 0 Å². The first kappa shape index (κ1) is 13.3. The van der Waals surface area contributed by atoms with Crippen LogP contribution in [0.3, 0.4) is 0 Å². The Kier molecular flexibility index (Phi) is 5.55. The second-order valence-electron chi connectivity index (χ2n) is 4.43. The smallest absolute Gasteiger partial charge is 0.317 e. The Hall–Kier alpha value is -0.810. The zero-order valence-corrected chi connectivity index (χ0v) is 10.5. The van der Waals surface area contributed by atoms with Crippen molar-refractivity contribution in [3.05, 3.63) is 0 Å². The summed E-state index contributed by atoms with van der Waals surface area (Å²) >= 11 is 0. The van der Waals surface area contributed by atoms with E-state index in [4.69, 9.17) is 4.74 Å². The summed E-state index contributed by atoms with van der Waals surface area (Å²) in [7, 11) is 1.71. The Labute approximate surface area is 97.7 Å². The normalized spacial score (nSPS) is 17.9. The van der Waals surface area contributed by atoms with Crippen LogP contribution >= 0.6 is 0 Å². The van der Waals surface area contributed by atoms with E-state index in [0.717, 1.165) is 39.3 Å². The number of amides is 2. The lowest BCUT2D eigenvalue weighted by Crippen LogP contribution is -2.53. The van der Waals surface area contributed by atoms with E-state index < -0.39 is 0 Å². The van der Waals surface area contributed by atoms with Crippen LogP contribution in [0.1, 0.15) is 13.8 Å². The quantitative estimate of drug-likeness (QED) is 0.757. The molecule has 5 heteroatoms. The van der Waals surface area contributed by atoms with Gasteiger partial charge in [-0.05, 0) is 13.8 Å². The predicted molar refractivity (Wildman–Crippen MR) is 63.6 cm³/mol. The van der Waals surface area contributed by atoms with Crippen LogP contribution in [0.5, 0.6) is 0 Å². The van der Waals surface area contributed by atoms with Crippen LogP contribution in [0, 0.1) is 0 Å². The average Bonchev–Trinajstić information content (AvgIpc) is 2.26. The molecule has 1 N–H and O–H groups in total. The molecule has 0 saturated carbocycles. The molecule has 16 heavy (non-hydrogen) atoms. The van der Waals surface area contributed by atoms with Gasteiger partial charge >= 0.3 is 6.03 Å². The maximum absolute atomic E-state index is 11.7. The number of ether oxygens (including phenoxy) is 1. The molecule has 0 atom stereocenters. The zero-order valence-electron chi connectivity index (χ0n) is 10.5. The summed E-state index contributed by atoms with van der Waals surface area (Å²) in [6, 6.07) is 0.264. The number of piperazine rings is 1. The molecule has 1 heterocycles. The maximum Gasteiger partial charge on any atom is 0.317 e. The number of nitrogens with one attached hydrogen (secondary N) is 1. The van der Waals surface area contributed by atoms with Gasteiger partial charge in [-0.25, -0.2) is 4.79 Å². The van der Waals surface area contributed by atoms with Crippen molar-refractivity contribution in [1.29, 1.82) is 0 Å². The highest BCUT2D eigenvalue weighted by molar-refractivity contribution is 5.74. The molecule has 0 aliphatic carbocycles. The lowest BCUT2D eigenvalue weighted by atomic mass is 10.3. The summed E-state index contributed by atoms with van der Waals surface area (Å²) in [6.45, 7) is 9.17. The highest BCUT2D eigenvalue weighted by atomic mass is 16.5. The van der Waals surface area contributed by atoms with Crippen molar-refractivity contribution in [2.24, 2.45) is 0 Å². The third-order valence-corrected chi connectivity index (χ3v) is 2.68. The minimum Gasteiger partial charge on any atom is -0.383 e. The first-order valence-corrected chi connectivity index (χ1v) is 5.90. The minimum absolute atomic E-state index is 0.0568. The Morgan fingerprint density at radius 2 is 1.94 bits per heavy atom. The van der Waals surface area contributed by atoms with Gasteiger partial charge in [-0.2, -0.15) is 0 Å². The SMILES string of the molecule is COCCN1CCN(C(=O)NC(C)C)CC1. The van der Waals surface area contributed by atoms with E-state index in [1.165, 1.54) is 0 Å². The van der Waals surface area contributed by atoms with Crippen molar-refractivity contribution in [2.45, 2.75) is 19.9 Å². The summed E-state index contributed by atoms with van der Waals surface area (Å²) in [5.41, 5.74) is 0. The summed E-state index contributed by atoms with van der Waals surface area (Å²) in [4.78, 5) is 15.9. The number of nitrogens with zero attached hydrogens (tertiary/aromatic N) is 2. The molecule has 1 rings (SSSR count). The van der Waals surface area contributed by atoms with E-state index in [2.05, 4.69) is 10.2 Å². The first-order chi connectivity index (χ1) is 7.63. The van der Waals surface area contributed by atoms with Crippen molar-refractivity contribution in [3.63, 3.8) is 0 Å². The van der Waals surface area contributed by atoms with Crippen molar-refractivity contribution < 1.29 is 9.53 Å². The molecular formula is C11H23N3O2. The minimum atomic E-state index is 0.0568. The number of rotatable bonds is 4. The van der Waals surface area contributed by atoms with Gasteiger partial charge in [0.25, 0.3) is 0 Å². The van der Waals surface area contributed by atoms with Crippen molar-refractivity contribution in [2.75, 3.05) is 46.4 Å². The molecule has 0 bridgehead atoms. The van der Waals surface area contributed by atoms with Crippen LogP contribution in [-0.2, 0) is 4.74 Å². The van der Waals surface area contributed by atoms with Crippen molar-refractivity contribution in [1.82, 2.24) is 15.1 Å². The van der Waals surface area contributed by atoms with Crippen LogP contribution < -0.4 is 5.32 Å². The van der Waals surface area contributed by atoms with Crippen LogP contribution in [0.15, 0.2) is 0 Å². The summed E-state index contributed by atoms with van der Waals surface area (Å²) in [5, 5.41) is 2.91. The molecule has 1 saturated heterocycles. The molecule has 0 radical (unpaired) electrons. The van der Waals surface area contributed by atoms with E-state index in [0.29, 0.717) is 0 Å². The Morgan fingerprint density at radius 1 is 1.31 bits per heavy atom. The van der Waals surface area contributed by atoms with Crippen LogP contribution in [0.25, 0.3) is 0 Å². The molecule has 0 aromatic rings. The summed E-state index contributed by atoms with van der Waals surface area (Å²) < 4.78 is 5.04. The fourth-order valence-electron chi connectivity index (χ4n) is 1.73.